The monoisotopic (exact) mass is 477 g/mol. The van der Waals surface area contributed by atoms with Crippen molar-refractivity contribution in [2.45, 2.75) is 53.3 Å². The van der Waals surface area contributed by atoms with Crippen molar-refractivity contribution in [3.05, 3.63) is 76.6 Å². The highest BCUT2D eigenvalue weighted by atomic mass is 28.3. The number of aromatic nitrogens is 1. The zero-order valence-corrected chi connectivity index (χ0v) is 23.0. The number of benzene rings is 3. The van der Waals surface area contributed by atoms with Crippen LogP contribution in [0.15, 0.2) is 52.9 Å². The minimum Gasteiger partial charge on any atom is -0.456 e. The van der Waals surface area contributed by atoms with Gasteiger partial charge in [-0.2, -0.15) is 4.57 Å². The van der Waals surface area contributed by atoms with Gasteiger partial charge in [-0.1, -0.05) is 56.9 Å². The number of nitrogens with zero attached hydrogens (tertiary/aromatic N) is 2. The van der Waals surface area contributed by atoms with Crippen LogP contribution in [0.25, 0.3) is 48.9 Å². The number of pyridine rings is 1. The third kappa shape index (κ3) is 3.66. The Labute approximate surface area is 208 Å². The molecule has 0 spiro atoms. The summed E-state index contributed by atoms with van der Waals surface area (Å²) >= 11 is 0. The number of furan rings is 1. The van der Waals surface area contributed by atoms with Crippen LogP contribution in [-0.2, 0) is 7.05 Å². The predicted molar refractivity (Wildman–Crippen MR) is 151 cm³/mol. The van der Waals surface area contributed by atoms with Crippen molar-refractivity contribution in [2.75, 3.05) is 0 Å². The van der Waals surface area contributed by atoms with Gasteiger partial charge < -0.3 is 4.42 Å². The summed E-state index contributed by atoms with van der Waals surface area (Å²) in [5.41, 5.74) is 9.69. The molecule has 0 unspecified atom stereocenters. The van der Waals surface area contributed by atoms with Crippen LogP contribution in [0, 0.1) is 20.4 Å². The Bertz CT molecular complexity index is 1690. The summed E-state index contributed by atoms with van der Waals surface area (Å²) in [6.07, 6.45) is 0. The summed E-state index contributed by atoms with van der Waals surface area (Å²) in [5.74, 6) is 0.396. The number of rotatable bonds is 3. The molecule has 0 saturated carbocycles. The second-order valence-corrected chi connectivity index (χ2v) is 16.2. The van der Waals surface area contributed by atoms with Crippen molar-refractivity contribution in [3.8, 4) is 11.3 Å². The molecule has 0 aliphatic heterocycles. The zero-order chi connectivity index (χ0) is 25.2. The van der Waals surface area contributed by atoms with Gasteiger partial charge >= 0.3 is 0 Å². The van der Waals surface area contributed by atoms with Crippen molar-refractivity contribution in [1.29, 1.82) is 0 Å². The van der Waals surface area contributed by atoms with Crippen LogP contribution >= 0.6 is 0 Å². The lowest BCUT2D eigenvalue weighted by molar-refractivity contribution is -0.633. The summed E-state index contributed by atoms with van der Waals surface area (Å²) in [6.45, 7) is 23.5. The second-order valence-electron chi connectivity index (χ2n) is 11.1. The first-order chi connectivity index (χ1) is 16.5. The molecule has 176 valence electrons. The molecule has 0 N–H and O–H groups in total. The van der Waals surface area contributed by atoms with Crippen LogP contribution in [0.4, 0.5) is 5.69 Å². The molecular weight excluding hydrogens is 444 g/mol. The maximum atomic E-state index is 7.41. The minimum absolute atomic E-state index is 0.396. The number of aryl methyl sites for hydroxylation is 2. The first-order valence-electron chi connectivity index (χ1n) is 12.3. The Morgan fingerprint density at radius 1 is 0.914 bits per heavy atom. The van der Waals surface area contributed by atoms with Crippen molar-refractivity contribution < 1.29 is 8.98 Å². The summed E-state index contributed by atoms with van der Waals surface area (Å²) < 4.78 is 8.86. The molecule has 0 bridgehead atoms. The molecule has 0 aliphatic rings. The quantitative estimate of drug-likeness (QED) is 0.146. The lowest BCUT2D eigenvalue weighted by atomic mass is 9.92. The van der Waals surface area contributed by atoms with E-state index in [1.165, 1.54) is 38.5 Å². The lowest BCUT2D eigenvalue weighted by Gasteiger charge is -2.19. The summed E-state index contributed by atoms with van der Waals surface area (Å²) in [5, 5.41) is 4.96. The van der Waals surface area contributed by atoms with E-state index in [4.69, 9.17) is 11.0 Å². The maximum Gasteiger partial charge on any atom is 0.217 e. The van der Waals surface area contributed by atoms with E-state index in [1.807, 2.05) is 18.2 Å². The largest absolute Gasteiger partial charge is 0.456 e. The lowest BCUT2D eigenvalue weighted by Crippen LogP contribution is -2.40. The fourth-order valence-corrected chi connectivity index (χ4v) is 6.35. The molecule has 0 fully saturated rings. The van der Waals surface area contributed by atoms with E-state index in [0.717, 1.165) is 27.5 Å². The van der Waals surface area contributed by atoms with Gasteiger partial charge in [0.1, 0.15) is 18.2 Å². The van der Waals surface area contributed by atoms with E-state index in [-0.39, 0.29) is 0 Å². The van der Waals surface area contributed by atoms with Crippen LogP contribution < -0.4 is 9.75 Å². The molecule has 0 saturated heterocycles. The van der Waals surface area contributed by atoms with E-state index in [2.05, 4.69) is 94.1 Å². The van der Waals surface area contributed by atoms with Crippen molar-refractivity contribution in [3.63, 3.8) is 0 Å². The van der Waals surface area contributed by atoms with Gasteiger partial charge in [0, 0.05) is 28.3 Å². The van der Waals surface area contributed by atoms with Crippen molar-refractivity contribution >= 4 is 51.8 Å². The van der Waals surface area contributed by atoms with Crippen LogP contribution in [-0.4, -0.2) is 8.07 Å². The molecule has 0 amide bonds. The molecule has 0 radical (unpaired) electrons. The smallest absolute Gasteiger partial charge is 0.217 e. The van der Waals surface area contributed by atoms with Gasteiger partial charge in [0.25, 0.3) is 0 Å². The predicted octanol–water partition coefficient (Wildman–Crippen LogP) is 8.07. The van der Waals surface area contributed by atoms with Gasteiger partial charge in [0.05, 0.1) is 20.2 Å². The molecule has 2 aromatic heterocycles. The Morgan fingerprint density at radius 2 is 1.63 bits per heavy atom. The fraction of sp³-hybridized carbons (Fsp3) is 0.290. The SMILES string of the molecule is [C-]#[N+]c1ccc2c(c1)oc1c(-c3cc(C(C)C)c4ccc([Si](C)(C)C)cc4[n+]3C)c(C)c(C)cc12. The highest BCUT2D eigenvalue weighted by Gasteiger charge is 2.27. The highest BCUT2D eigenvalue weighted by molar-refractivity contribution is 6.88. The van der Waals surface area contributed by atoms with E-state index in [9.17, 15) is 0 Å². The van der Waals surface area contributed by atoms with Crippen molar-refractivity contribution in [1.82, 2.24) is 0 Å². The zero-order valence-electron chi connectivity index (χ0n) is 22.0. The Hall–Kier alpha value is -3.42. The average molecular weight is 478 g/mol. The van der Waals surface area contributed by atoms with Gasteiger partial charge in [-0.25, -0.2) is 4.85 Å². The minimum atomic E-state index is -1.47. The van der Waals surface area contributed by atoms with Crippen molar-refractivity contribution in [2.24, 2.45) is 7.05 Å². The number of hydrogen-bond acceptors (Lipinski definition) is 1. The molecule has 4 heteroatoms. The summed E-state index contributed by atoms with van der Waals surface area (Å²) in [7, 11) is 0.718. The fourth-order valence-electron chi connectivity index (χ4n) is 5.19. The molecular formula is C31H33N2OSi+. The molecule has 0 aliphatic carbocycles. The molecule has 5 aromatic rings. The summed E-state index contributed by atoms with van der Waals surface area (Å²) in [4.78, 5) is 3.60. The molecule has 0 atom stereocenters. The van der Waals surface area contributed by atoms with Gasteiger partial charge in [-0.3, -0.25) is 0 Å². The topological polar surface area (TPSA) is 21.4 Å². The second kappa shape index (κ2) is 8.07. The number of hydrogen-bond donors (Lipinski definition) is 0. The summed E-state index contributed by atoms with van der Waals surface area (Å²) in [6, 6.07) is 17.4. The van der Waals surface area contributed by atoms with E-state index in [0.29, 0.717) is 11.6 Å². The van der Waals surface area contributed by atoms with Crippen LogP contribution in [0.1, 0.15) is 36.5 Å². The first kappa shape index (κ1) is 23.3. The van der Waals surface area contributed by atoms with Crippen LogP contribution in [0.2, 0.25) is 19.6 Å². The van der Waals surface area contributed by atoms with E-state index in [1.54, 1.807) is 0 Å². The standard InChI is InChI=1S/C31H33N2OSi/c1-18(2)25-17-28(33(6)27-16-22(35(7,8)9)11-13-23(25)27)30-20(4)19(3)14-26-24-12-10-21(32-5)15-29(24)34-31(26)30/h10-18H,1-4,6-9H3/q+1. The number of fused-ring (bicyclic) bond motifs is 4. The van der Waals surface area contributed by atoms with E-state index < -0.39 is 8.07 Å². The molecule has 5 rings (SSSR count). The van der Waals surface area contributed by atoms with Gasteiger partial charge in [-0.15, -0.1) is 0 Å². The molecule has 3 aromatic carbocycles. The highest BCUT2D eigenvalue weighted by Crippen LogP contribution is 2.40. The molecule has 2 heterocycles. The first-order valence-corrected chi connectivity index (χ1v) is 15.8. The maximum absolute atomic E-state index is 7.41. The average Bonchev–Trinajstić information content (AvgIpc) is 3.16. The molecule has 3 nitrogen and oxygen atoms in total. The third-order valence-corrected chi connectivity index (χ3v) is 9.51. The molecule has 35 heavy (non-hydrogen) atoms. The Kier molecular flexibility index (Phi) is 5.38. The Morgan fingerprint density at radius 3 is 2.29 bits per heavy atom. The third-order valence-electron chi connectivity index (χ3n) is 7.46. The van der Waals surface area contributed by atoms with Gasteiger partial charge in [-0.05, 0) is 54.7 Å². The Balaban J connectivity index is 1.93. The van der Waals surface area contributed by atoms with Gasteiger partial charge in [0.2, 0.25) is 11.2 Å². The van der Waals surface area contributed by atoms with Gasteiger partial charge in [0.15, 0.2) is 5.69 Å². The van der Waals surface area contributed by atoms with Crippen LogP contribution in [0.3, 0.4) is 0 Å². The normalized spacial score (nSPS) is 12.2. The van der Waals surface area contributed by atoms with E-state index >= 15 is 0 Å². The van der Waals surface area contributed by atoms with Crippen LogP contribution in [0.5, 0.6) is 0 Å².